The van der Waals surface area contributed by atoms with E-state index in [1.807, 2.05) is 13.8 Å². The molecule has 114 valence electrons. The minimum absolute atomic E-state index is 0.212. The number of nitrogens with zero attached hydrogens (tertiary/aromatic N) is 1. The fraction of sp³-hybridized carbons (Fsp3) is 0.400. The van der Waals surface area contributed by atoms with Crippen LogP contribution in [-0.4, -0.2) is 12.0 Å². The molecular weight excluding hydrogens is 297 g/mol. The van der Waals surface area contributed by atoms with Crippen molar-refractivity contribution in [2.24, 2.45) is 0 Å². The molecule has 0 spiro atoms. The van der Waals surface area contributed by atoms with Gasteiger partial charge in [0.15, 0.2) is 0 Å². The smallest absolute Gasteiger partial charge is 0.307 e. The quantitative estimate of drug-likeness (QED) is 0.908. The van der Waals surface area contributed by atoms with Crippen LogP contribution in [0.25, 0.3) is 0 Å². The van der Waals surface area contributed by atoms with E-state index < -0.39 is 17.8 Å². The molecule has 0 aliphatic carbocycles. The Kier molecular flexibility index (Phi) is 4.68. The maximum Gasteiger partial charge on any atom is 0.416 e. The summed E-state index contributed by atoms with van der Waals surface area (Å²) < 4.78 is 39.5. The average Bonchev–Trinajstić information content (AvgIpc) is 2.80. The van der Waals surface area contributed by atoms with Crippen LogP contribution in [0.15, 0.2) is 24.3 Å². The second-order valence-electron chi connectivity index (χ2n) is 4.72. The molecule has 0 bridgehead atoms. The lowest BCUT2D eigenvalue weighted by molar-refractivity contribution is -0.138. The monoisotopic (exact) mass is 314 g/mol. The van der Waals surface area contributed by atoms with Crippen molar-refractivity contribution < 1.29 is 13.2 Å². The molecule has 1 atom stereocenters. The van der Waals surface area contributed by atoms with E-state index in [2.05, 4.69) is 10.3 Å². The fourth-order valence-electron chi connectivity index (χ4n) is 2.32. The van der Waals surface area contributed by atoms with Crippen LogP contribution in [0, 0.1) is 6.92 Å². The van der Waals surface area contributed by atoms with Crippen LogP contribution < -0.4 is 5.32 Å². The van der Waals surface area contributed by atoms with Gasteiger partial charge in [-0.1, -0.05) is 25.1 Å². The van der Waals surface area contributed by atoms with Gasteiger partial charge >= 0.3 is 6.18 Å². The van der Waals surface area contributed by atoms with Gasteiger partial charge in [-0.25, -0.2) is 4.98 Å². The van der Waals surface area contributed by atoms with Crippen molar-refractivity contribution in [2.45, 2.75) is 32.5 Å². The number of aryl methyl sites for hydroxylation is 2. The summed E-state index contributed by atoms with van der Waals surface area (Å²) in [6.07, 6.45) is -3.59. The number of thiazole rings is 1. The molecule has 0 aliphatic heterocycles. The zero-order valence-corrected chi connectivity index (χ0v) is 12.9. The Morgan fingerprint density at radius 2 is 1.95 bits per heavy atom. The highest BCUT2D eigenvalue weighted by Crippen LogP contribution is 2.37. The second-order valence-corrected chi connectivity index (χ2v) is 5.95. The summed E-state index contributed by atoms with van der Waals surface area (Å²) in [6.45, 7) is 3.94. The predicted octanol–water partition coefficient (Wildman–Crippen LogP) is 4.34. The predicted molar refractivity (Wildman–Crippen MR) is 78.6 cm³/mol. The van der Waals surface area contributed by atoms with Gasteiger partial charge in [0, 0.05) is 4.88 Å². The van der Waals surface area contributed by atoms with Crippen molar-refractivity contribution in [2.75, 3.05) is 7.05 Å². The van der Waals surface area contributed by atoms with E-state index >= 15 is 0 Å². The molecule has 0 aliphatic rings. The Morgan fingerprint density at radius 3 is 2.48 bits per heavy atom. The summed E-state index contributed by atoms with van der Waals surface area (Å²) in [4.78, 5) is 5.54. The molecule has 6 heteroatoms. The Morgan fingerprint density at radius 1 is 1.29 bits per heavy atom. The molecule has 0 fully saturated rings. The van der Waals surface area contributed by atoms with Gasteiger partial charge in [-0.2, -0.15) is 13.2 Å². The van der Waals surface area contributed by atoms with Gasteiger partial charge in [0.1, 0.15) is 5.01 Å². The second kappa shape index (κ2) is 6.15. The molecule has 2 nitrogen and oxygen atoms in total. The first-order valence-corrected chi connectivity index (χ1v) is 7.49. The Labute approximate surface area is 126 Å². The van der Waals surface area contributed by atoms with Gasteiger partial charge in [-0.3, -0.25) is 0 Å². The third-order valence-corrected chi connectivity index (χ3v) is 4.43. The molecule has 2 rings (SSSR count). The molecule has 1 heterocycles. The summed E-state index contributed by atoms with van der Waals surface area (Å²) in [5, 5.41) is 3.63. The van der Waals surface area contributed by atoms with Crippen LogP contribution in [0.1, 0.15) is 39.7 Å². The lowest BCUT2D eigenvalue weighted by Gasteiger charge is -2.19. The largest absolute Gasteiger partial charge is 0.416 e. The number of hydrogen-bond acceptors (Lipinski definition) is 3. The van der Waals surface area contributed by atoms with Crippen LogP contribution in [-0.2, 0) is 12.6 Å². The molecule has 0 radical (unpaired) electrons. The number of nitrogens with one attached hydrogen (secondary N) is 1. The lowest BCUT2D eigenvalue weighted by Crippen LogP contribution is -2.21. The maximum absolute atomic E-state index is 13.2. The SMILES string of the molecule is CCc1nc(C(NC)c2ccccc2C(F)(F)F)sc1C. The van der Waals surface area contributed by atoms with Gasteiger partial charge in [0.25, 0.3) is 0 Å². The summed E-state index contributed by atoms with van der Waals surface area (Å²) >= 11 is 1.44. The van der Waals surface area contributed by atoms with Crippen LogP contribution in [0.3, 0.4) is 0 Å². The molecule has 1 unspecified atom stereocenters. The molecule has 1 N–H and O–H groups in total. The van der Waals surface area contributed by atoms with Crippen molar-refractivity contribution in [3.63, 3.8) is 0 Å². The third-order valence-electron chi connectivity index (χ3n) is 3.36. The first kappa shape index (κ1) is 16.0. The molecule has 0 saturated carbocycles. The minimum Gasteiger partial charge on any atom is -0.307 e. The van der Waals surface area contributed by atoms with Crippen LogP contribution >= 0.6 is 11.3 Å². The first-order chi connectivity index (χ1) is 9.88. The Hall–Kier alpha value is -1.40. The van der Waals surface area contributed by atoms with E-state index in [1.165, 1.54) is 23.5 Å². The van der Waals surface area contributed by atoms with Crippen LogP contribution in [0.2, 0.25) is 0 Å². The number of aromatic nitrogens is 1. The molecule has 0 amide bonds. The van der Waals surface area contributed by atoms with E-state index in [0.29, 0.717) is 5.01 Å². The average molecular weight is 314 g/mol. The highest BCUT2D eigenvalue weighted by Gasteiger charge is 2.35. The van der Waals surface area contributed by atoms with Crippen molar-refractivity contribution in [3.05, 3.63) is 51.0 Å². The molecule has 0 saturated heterocycles. The fourth-order valence-corrected chi connectivity index (χ4v) is 3.46. The third kappa shape index (κ3) is 3.27. The Bertz CT molecular complexity index is 620. The van der Waals surface area contributed by atoms with Crippen molar-refractivity contribution >= 4 is 11.3 Å². The molecule has 1 aromatic carbocycles. The van der Waals surface area contributed by atoms with Gasteiger partial charge in [0.2, 0.25) is 0 Å². The van der Waals surface area contributed by atoms with Crippen LogP contribution in [0.4, 0.5) is 13.2 Å². The van der Waals surface area contributed by atoms with E-state index in [1.54, 1.807) is 13.1 Å². The number of benzene rings is 1. The number of alkyl halides is 3. The van der Waals surface area contributed by atoms with Crippen molar-refractivity contribution in [3.8, 4) is 0 Å². The zero-order valence-electron chi connectivity index (χ0n) is 12.1. The number of halogens is 3. The highest BCUT2D eigenvalue weighted by molar-refractivity contribution is 7.11. The summed E-state index contributed by atoms with van der Waals surface area (Å²) in [7, 11) is 1.65. The molecule has 1 aromatic heterocycles. The zero-order chi connectivity index (χ0) is 15.6. The number of rotatable bonds is 4. The van der Waals surface area contributed by atoms with Gasteiger partial charge < -0.3 is 5.32 Å². The topological polar surface area (TPSA) is 24.9 Å². The normalized spacial score (nSPS) is 13.4. The highest BCUT2D eigenvalue weighted by atomic mass is 32.1. The van der Waals surface area contributed by atoms with Gasteiger partial charge in [0.05, 0.1) is 17.3 Å². The van der Waals surface area contributed by atoms with Gasteiger partial charge in [-0.05, 0) is 32.0 Å². The lowest BCUT2D eigenvalue weighted by atomic mass is 10.0. The van der Waals surface area contributed by atoms with Crippen LogP contribution in [0.5, 0.6) is 0 Å². The molecule has 2 aromatic rings. The van der Waals surface area contributed by atoms with Crippen molar-refractivity contribution in [1.29, 1.82) is 0 Å². The first-order valence-electron chi connectivity index (χ1n) is 6.68. The standard InChI is InChI=1S/C15H17F3N2S/c1-4-12-9(2)21-14(20-12)13(19-3)10-7-5-6-8-11(10)15(16,17)18/h5-8,13,19H,4H2,1-3H3. The van der Waals surface area contributed by atoms with Crippen molar-refractivity contribution in [1.82, 2.24) is 10.3 Å². The minimum atomic E-state index is -4.37. The summed E-state index contributed by atoms with van der Waals surface area (Å²) in [5.41, 5.74) is 0.541. The molecular formula is C15H17F3N2S. The molecule has 21 heavy (non-hydrogen) atoms. The van der Waals surface area contributed by atoms with E-state index in [9.17, 15) is 13.2 Å². The van der Waals surface area contributed by atoms with E-state index in [-0.39, 0.29) is 5.56 Å². The van der Waals surface area contributed by atoms with E-state index in [4.69, 9.17) is 0 Å². The summed E-state index contributed by atoms with van der Waals surface area (Å²) in [6, 6.07) is 5.10. The van der Waals surface area contributed by atoms with E-state index in [0.717, 1.165) is 23.1 Å². The number of hydrogen-bond donors (Lipinski definition) is 1. The maximum atomic E-state index is 13.2. The van der Waals surface area contributed by atoms with Gasteiger partial charge in [-0.15, -0.1) is 11.3 Å². The summed E-state index contributed by atoms with van der Waals surface area (Å²) in [5.74, 6) is 0. The Balaban J connectivity index is 2.51.